The third-order valence-corrected chi connectivity index (χ3v) is 4.37. The summed E-state index contributed by atoms with van der Waals surface area (Å²) in [6.07, 6.45) is 4.86. The zero-order valence-corrected chi connectivity index (χ0v) is 15.7. The van der Waals surface area contributed by atoms with Crippen LogP contribution in [0.4, 0.5) is 0 Å². The second-order valence-electron chi connectivity index (χ2n) is 5.24. The number of halogens is 3. The molecular formula is C16H14Cl3N5O2. The zero-order valence-electron chi connectivity index (χ0n) is 13.4. The Morgan fingerprint density at radius 1 is 1.19 bits per heavy atom. The molecule has 3 aromatic rings. The van der Waals surface area contributed by atoms with Crippen molar-refractivity contribution in [2.75, 3.05) is 6.54 Å². The highest BCUT2D eigenvalue weighted by Gasteiger charge is 2.10. The number of benzene rings is 1. The van der Waals surface area contributed by atoms with Gasteiger partial charge in [-0.3, -0.25) is 9.48 Å². The Balaban J connectivity index is 1.50. The molecule has 0 saturated heterocycles. The van der Waals surface area contributed by atoms with E-state index >= 15 is 0 Å². The number of ether oxygens (including phenoxy) is 1. The minimum absolute atomic E-state index is 0.0964. The lowest BCUT2D eigenvalue weighted by Gasteiger charge is -2.08. The topological polar surface area (TPSA) is 74.0 Å². The van der Waals surface area contributed by atoms with Gasteiger partial charge in [0.05, 0.1) is 22.8 Å². The largest absolute Gasteiger partial charge is 0.470 e. The van der Waals surface area contributed by atoms with Gasteiger partial charge in [-0.1, -0.05) is 40.9 Å². The van der Waals surface area contributed by atoms with Gasteiger partial charge in [0, 0.05) is 18.9 Å². The van der Waals surface area contributed by atoms with E-state index in [0.717, 1.165) is 0 Å². The van der Waals surface area contributed by atoms with Crippen LogP contribution in [0, 0.1) is 0 Å². The number of carbonyl (C=O) groups excluding carboxylic acids is 1. The first-order valence-electron chi connectivity index (χ1n) is 7.59. The van der Waals surface area contributed by atoms with Crippen molar-refractivity contribution in [2.45, 2.75) is 13.3 Å². The normalized spacial score (nSPS) is 10.7. The first kappa shape index (κ1) is 18.6. The molecular weight excluding hydrogens is 401 g/mol. The lowest BCUT2D eigenvalue weighted by molar-refractivity contribution is 0.0945. The maximum absolute atomic E-state index is 12.1. The fourth-order valence-electron chi connectivity index (χ4n) is 2.12. The summed E-state index contributed by atoms with van der Waals surface area (Å²) in [6.45, 7) is 1.01. The Morgan fingerprint density at radius 3 is 2.81 bits per heavy atom. The summed E-state index contributed by atoms with van der Waals surface area (Å²) in [4.78, 5) is 12.1. The molecule has 1 N–H and O–H groups in total. The fourth-order valence-corrected chi connectivity index (χ4v) is 2.62. The molecule has 0 aliphatic carbocycles. The zero-order chi connectivity index (χ0) is 18.5. The summed E-state index contributed by atoms with van der Waals surface area (Å²) in [6, 6.07) is 6.71. The number of hydrogen-bond acceptors (Lipinski definition) is 4. The predicted octanol–water partition coefficient (Wildman–Crippen LogP) is 3.51. The molecule has 10 heteroatoms. The van der Waals surface area contributed by atoms with Gasteiger partial charge in [0.1, 0.15) is 16.5 Å². The highest BCUT2D eigenvalue weighted by atomic mass is 35.5. The summed E-state index contributed by atoms with van der Waals surface area (Å²) in [5.41, 5.74) is 0.282. The molecule has 0 bridgehead atoms. The van der Waals surface area contributed by atoms with Crippen molar-refractivity contribution in [3.05, 3.63) is 63.6 Å². The molecule has 1 amide bonds. The maximum atomic E-state index is 12.1. The Kier molecular flexibility index (Phi) is 6.03. The Labute approximate surface area is 164 Å². The van der Waals surface area contributed by atoms with Crippen molar-refractivity contribution in [1.29, 1.82) is 0 Å². The molecule has 0 saturated carbocycles. The second kappa shape index (κ2) is 8.44. The van der Waals surface area contributed by atoms with Crippen molar-refractivity contribution in [1.82, 2.24) is 24.9 Å². The van der Waals surface area contributed by atoms with E-state index < -0.39 is 0 Å². The van der Waals surface area contributed by atoms with Crippen molar-refractivity contribution < 1.29 is 9.53 Å². The van der Waals surface area contributed by atoms with Crippen LogP contribution in [0.2, 0.25) is 15.1 Å². The number of rotatable bonds is 7. The van der Waals surface area contributed by atoms with Crippen molar-refractivity contribution in [3.8, 4) is 5.75 Å². The Hall–Kier alpha value is -2.22. The van der Waals surface area contributed by atoms with Gasteiger partial charge in [-0.15, -0.1) is 0 Å². The molecule has 0 atom stereocenters. The van der Waals surface area contributed by atoms with Gasteiger partial charge in [-0.2, -0.15) is 10.2 Å². The van der Waals surface area contributed by atoms with Crippen LogP contribution in [0.15, 0.2) is 42.9 Å². The highest BCUT2D eigenvalue weighted by molar-refractivity contribution is 6.42. The summed E-state index contributed by atoms with van der Waals surface area (Å²) in [5, 5.41) is 12.3. The summed E-state index contributed by atoms with van der Waals surface area (Å²) in [5.74, 6) is 0.154. The van der Waals surface area contributed by atoms with Crippen LogP contribution in [-0.2, 0) is 13.3 Å². The molecule has 2 aromatic heterocycles. The molecule has 0 aliphatic rings. The van der Waals surface area contributed by atoms with Gasteiger partial charge < -0.3 is 10.1 Å². The monoisotopic (exact) mass is 413 g/mol. The third-order valence-electron chi connectivity index (χ3n) is 3.37. The number of carbonyl (C=O) groups is 1. The van der Waals surface area contributed by atoms with Crippen LogP contribution in [0.25, 0.3) is 0 Å². The first-order chi connectivity index (χ1) is 12.5. The van der Waals surface area contributed by atoms with Crippen molar-refractivity contribution in [2.24, 2.45) is 0 Å². The molecule has 0 fully saturated rings. The average molecular weight is 415 g/mol. The number of nitrogens with zero attached hydrogens (tertiary/aromatic N) is 4. The predicted molar refractivity (Wildman–Crippen MR) is 98.9 cm³/mol. The van der Waals surface area contributed by atoms with E-state index in [4.69, 9.17) is 39.5 Å². The smallest absolute Gasteiger partial charge is 0.271 e. The van der Waals surface area contributed by atoms with Crippen molar-refractivity contribution >= 4 is 40.7 Å². The average Bonchev–Trinajstić information content (AvgIpc) is 3.25. The SMILES string of the molecule is O=C(NCCn1cc(Cl)cn1)c1ccn(COc2cccc(Cl)c2Cl)n1. The van der Waals surface area contributed by atoms with E-state index in [1.807, 2.05) is 0 Å². The van der Waals surface area contributed by atoms with Crippen LogP contribution in [0.1, 0.15) is 10.5 Å². The molecule has 0 unspecified atom stereocenters. The third kappa shape index (κ3) is 4.69. The van der Waals surface area contributed by atoms with Gasteiger partial charge in [0.2, 0.25) is 0 Å². The molecule has 136 valence electrons. The quantitative estimate of drug-likeness (QED) is 0.642. The number of aromatic nitrogens is 4. The van der Waals surface area contributed by atoms with Gasteiger partial charge in [-0.05, 0) is 18.2 Å². The Bertz CT molecular complexity index is 909. The van der Waals surface area contributed by atoms with E-state index in [9.17, 15) is 4.79 Å². The molecule has 0 aliphatic heterocycles. The molecule has 3 rings (SSSR count). The van der Waals surface area contributed by atoms with Crippen LogP contribution in [-0.4, -0.2) is 32.0 Å². The minimum Gasteiger partial charge on any atom is -0.470 e. The standard InChI is InChI=1S/C16H14Cl3N5O2/c17-11-8-21-23(9-11)7-5-20-16(25)13-4-6-24(22-13)10-26-14-3-1-2-12(18)15(14)19/h1-4,6,8-9H,5,7,10H2,(H,20,25). The van der Waals surface area contributed by atoms with Gasteiger partial charge in [-0.25, -0.2) is 4.68 Å². The van der Waals surface area contributed by atoms with Crippen LogP contribution < -0.4 is 10.1 Å². The summed E-state index contributed by atoms with van der Waals surface area (Å²) in [7, 11) is 0. The molecule has 2 heterocycles. The van der Waals surface area contributed by atoms with E-state index in [1.165, 1.54) is 10.9 Å². The van der Waals surface area contributed by atoms with Gasteiger partial charge in [0.15, 0.2) is 6.73 Å². The highest BCUT2D eigenvalue weighted by Crippen LogP contribution is 2.31. The molecule has 7 nitrogen and oxygen atoms in total. The van der Waals surface area contributed by atoms with Crippen LogP contribution >= 0.6 is 34.8 Å². The molecule has 26 heavy (non-hydrogen) atoms. The fraction of sp³-hybridized carbons (Fsp3) is 0.188. The number of hydrogen-bond donors (Lipinski definition) is 1. The van der Waals surface area contributed by atoms with Crippen molar-refractivity contribution in [3.63, 3.8) is 0 Å². The maximum Gasteiger partial charge on any atom is 0.271 e. The molecule has 1 aromatic carbocycles. The lowest BCUT2D eigenvalue weighted by Crippen LogP contribution is -2.28. The Morgan fingerprint density at radius 2 is 2.04 bits per heavy atom. The van der Waals surface area contributed by atoms with Gasteiger partial charge >= 0.3 is 0 Å². The van der Waals surface area contributed by atoms with E-state index in [2.05, 4.69) is 15.5 Å². The van der Waals surface area contributed by atoms with E-state index in [1.54, 1.807) is 41.3 Å². The number of amides is 1. The van der Waals surface area contributed by atoms with Gasteiger partial charge in [0.25, 0.3) is 5.91 Å². The van der Waals surface area contributed by atoms with E-state index in [0.29, 0.717) is 33.9 Å². The van der Waals surface area contributed by atoms with Crippen LogP contribution in [0.5, 0.6) is 5.75 Å². The second-order valence-corrected chi connectivity index (χ2v) is 6.46. The van der Waals surface area contributed by atoms with E-state index in [-0.39, 0.29) is 18.3 Å². The molecule has 0 radical (unpaired) electrons. The minimum atomic E-state index is -0.289. The molecule has 0 spiro atoms. The van der Waals surface area contributed by atoms with Crippen LogP contribution in [0.3, 0.4) is 0 Å². The number of nitrogens with one attached hydrogen (secondary N) is 1. The summed E-state index contributed by atoms with van der Waals surface area (Å²) < 4.78 is 8.69. The lowest BCUT2D eigenvalue weighted by atomic mass is 10.3. The summed E-state index contributed by atoms with van der Waals surface area (Å²) >= 11 is 17.8. The first-order valence-corrected chi connectivity index (χ1v) is 8.73.